The molecular formula is C13H25NO2. The van der Waals surface area contributed by atoms with Crippen LogP contribution in [0.15, 0.2) is 0 Å². The Morgan fingerprint density at radius 3 is 2.44 bits per heavy atom. The molecule has 0 bridgehead atoms. The van der Waals surface area contributed by atoms with Crippen LogP contribution in [0.2, 0.25) is 0 Å². The molecule has 0 atom stereocenters. The molecule has 1 aliphatic carbocycles. The number of rotatable bonds is 6. The average Bonchev–Trinajstić information content (AvgIpc) is 2.21. The van der Waals surface area contributed by atoms with Gasteiger partial charge in [0, 0.05) is 13.1 Å². The molecule has 1 N–H and O–H groups in total. The third kappa shape index (κ3) is 2.97. The Morgan fingerprint density at radius 1 is 1.44 bits per heavy atom. The maximum Gasteiger partial charge on any atom is 0.313 e. The normalized spacial score (nSPS) is 19.0. The predicted molar refractivity (Wildman–Crippen MR) is 65.2 cm³/mol. The molecule has 0 aliphatic heterocycles. The molecule has 0 heterocycles. The molecule has 1 rings (SSSR count). The highest BCUT2D eigenvalue weighted by Gasteiger charge is 2.44. The standard InChI is InChI=1S/C13H25NO2/c1-5-12(2,3)9-14-10-13(7-6-8-13)11(15)16-4/h14H,5-10H2,1-4H3. The first-order valence-electron chi connectivity index (χ1n) is 6.25. The van der Waals surface area contributed by atoms with Crippen molar-refractivity contribution in [1.29, 1.82) is 0 Å². The van der Waals surface area contributed by atoms with Gasteiger partial charge < -0.3 is 10.1 Å². The van der Waals surface area contributed by atoms with E-state index in [9.17, 15) is 4.79 Å². The van der Waals surface area contributed by atoms with E-state index in [1.54, 1.807) is 0 Å². The van der Waals surface area contributed by atoms with E-state index in [2.05, 4.69) is 26.1 Å². The lowest BCUT2D eigenvalue weighted by atomic mass is 9.68. The molecule has 1 fully saturated rings. The van der Waals surface area contributed by atoms with Crippen molar-refractivity contribution in [2.45, 2.75) is 46.5 Å². The number of hydrogen-bond acceptors (Lipinski definition) is 3. The second-order valence-electron chi connectivity index (χ2n) is 5.75. The molecule has 94 valence electrons. The molecule has 16 heavy (non-hydrogen) atoms. The molecule has 0 aromatic carbocycles. The van der Waals surface area contributed by atoms with Crippen molar-refractivity contribution >= 4 is 5.97 Å². The van der Waals surface area contributed by atoms with Crippen molar-refractivity contribution in [3.05, 3.63) is 0 Å². The van der Waals surface area contributed by atoms with Crippen LogP contribution in [0.25, 0.3) is 0 Å². The van der Waals surface area contributed by atoms with Gasteiger partial charge in [0.2, 0.25) is 0 Å². The summed E-state index contributed by atoms with van der Waals surface area (Å²) in [6, 6.07) is 0. The van der Waals surface area contributed by atoms with Crippen LogP contribution in [0.4, 0.5) is 0 Å². The van der Waals surface area contributed by atoms with Crippen molar-refractivity contribution in [1.82, 2.24) is 5.32 Å². The van der Waals surface area contributed by atoms with E-state index in [1.807, 2.05) is 0 Å². The van der Waals surface area contributed by atoms with Gasteiger partial charge in [0.1, 0.15) is 0 Å². The third-order valence-corrected chi connectivity index (χ3v) is 3.95. The fraction of sp³-hybridized carbons (Fsp3) is 0.923. The van der Waals surface area contributed by atoms with E-state index < -0.39 is 0 Å². The summed E-state index contributed by atoms with van der Waals surface area (Å²) in [5.74, 6) is -0.0412. The summed E-state index contributed by atoms with van der Waals surface area (Å²) in [5.41, 5.74) is 0.0830. The summed E-state index contributed by atoms with van der Waals surface area (Å²) < 4.78 is 4.89. The summed E-state index contributed by atoms with van der Waals surface area (Å²) in [6.45, 7) is 8.41. The van der Waals surface area contributed by atoms with Gasteiger partial charge in [-0.15, -0.1) is 0 Å². The lowest BCUT2D eigenvalue weighted by Crippen LogP contribution is -2.48. The van der Waals surface area contributed by atoms with Crippen LogP contribution in [0.5, 0.6) is 0 Å². The van der Waals surface area contributed by atoms with Gasteiger partial charge in [0.25, 0.3) is 0 Å². The SMILES string of the molecule is CCC(C)(C)CNCC1(C(=O)OC)CCC1. The second-order valence-corrected chi connectivity index (χ2v) is 5.75. The van der Waals surface area contributed by atoms with Gasteiger partial charge in [-0.05, 0) is 24.7 Å². The largest absolute Gasteiger partial charge is 0.469 e. The minimum atomic E-state index is -0.224. The Kier molecular flexibility index (Phi) is 4.36. The van der Waals surface area contributed by atoms with Crippen LogP contribution in [-0.4, -0.2) is 26.2 Å². The number of methoxy groups -OCH3 is 1. The van der Waals surface area contributed by atoms with Crippen molar-refractivity contribution in [3.8, 4) is 0 Å². The highest BCUT2D eigenvalue weighted by atomic mass is 16.5. The molecule has 0 spiro atoms. The van der Waals surface area contributed by atoms with E-state index in [4.69, 9.17) is 4.74 Å². The molecule has 0 aromatic heterocycles. The van der Waals surface area contributed by atoms with Crippen LogP contribution >= 0.6 is 0 Å². The van der Waals surface area contributed by atoms with Crippen molar-refractivity contribution in [2.24, 2.45) is 10.8 Å². The number of carbonyl (C=O) groups is 1. The van der Waals surface area contributed by atoms with E-state index in [-0.39, 0.29) is 11.4 Å². The molecule has 0 saturated heterocycles. The summed E-state index contributed by atoms with van der Waals surface area (Å²) in [5, 5.41) is 3.43. The summed E-state index contributed by atoms with van der Waals surface area (Å²) in [4.78, 5) is 11.7. The molecule has 0 aromatic rings. The maximum absolute atomic E-state index is 11.7. The van der Waals surface area contributed by atoms with Crippen LogP contribution in [-0.2, 0) is 9.53 Å². The zero-order valence-electron chi connectivity index (χ0n) is 11.1. The molecule has 0 radical (unpaired) electrons. The van der Waals surface area contributed by atoms with Crippen LogP contribution in [0.3, 0.4) is 0 Å². The molecule has 3 nitrogen and oxygen atoms in total. The number of nitrogens with one attached hydrogen (secondary N) is 1. The van der Waals surface area contributed by atoms with Crippen molar-refractivity contribution in [2.75, 3.05) is 20.2 Å². The van der Waals surface area contributed by atoms with E-state index in [1.165, 1.54) is 7.11 Å². The van der Waals surface area contributed by atoms with Crippen LogP contribution in [0, 0.1) is 10.8 Å². The monoisotopic (exact) mass is 227 g/mol. The van der Waals surface area contributed by atoms with Gasteiger partial charge >= 0.3 is 5.97 Å². The van der Waals surface area contributed by atoms with Crippen LogP contribution in [0.1, 0.15) is 46.5 Å². The van der Waals surface area contributed by atoms with Gasteiger partial charge in [-0.25, -0.2) is 0 Å². The van der Waals surface area contributed by atoms with Gasteiger partial charge in [-0.1, -0.05) is 27.2 Å². The van der Waals surface area contributed by atoms with E-state index >= 15 is 0 Å². The highest BCUT2D eigenvalue weighted by Crippen LogP contribution is 2.41. The summed E-state index contributed by atoms with van der Waals surface area (Å²) in [6.07, 6.45) is 4.23. The lowest BCUT2D eigenvalue weighted by molar-refractivity contribution is -0.158. The Bertz CT molecular complexity index is 244. The molecule has 1 aliphatic rings. The topological polar surface area (TPSA) is 38.3 Å². The van der Waals surface area contributed by atoms with Gasteiger partial charge in [-0.2, -0.15) is 0 Å². The smallest absolute Gasteiger partial charge is 0.313 e. The summed E-state index contributed by atoms with van der Waals surface area (Å²) >= 11 is 0. The number of hydrogen-bond donors (Lipinski definition) is 1. The molecule has 0 amide bonds. The third-order valence-electron chi connectivity index (χ3n) is 3.95. The van der Waals surface area contributed by atoms with Crippen LogP contribution < -0.4 is 5.32 Å². The Morgan fingerprint density at radius 2 is 2.06 bits per heavy atom. The fourth-order valence-corrected chi connectivity index (χ4v) is 2.04. The van der Waals surface area contributed by atoms with E-state index in [0.717, 1.165) is 38.8 Å². The second kappa shape index (κ2) is 5.17. The number of esters is 1. The highest BCUT2D eigenvalue weighted by molar-refractivity contribution is 5.78. The Balaban J connectivity index is 2.38. The first-order valence-corrected chi connectivity index (χ1v) is 6.25. The van der Waals surface area contributed by atoms with Crippen molar-refractivity contribution < 1.29 is 9.53 Å². The maximum atomic E-state index is 11.7. The molecular weight excluding hydrogens is 202 g/mol. The Hall–Kier alpha value is -0.570. The first kappa shape index (κ1) is 13.5. The van der Waals surface area contributed by atoms with Gasteiger partial charge in [0.05, 0.1) is 12.5 Å². The fourth-order valence-electron chi connectivity index (χ4n) is 2.04. The predicted octanol–water partition coefficient (Wildman–Crippen LogP) is 2.36. The van der Waals surface area contributed by atoms with Crippen molar-refractivity contribution in [3.63, 3.8) is 0 Å². The minimum absolute atomic E-state index is 0.0412. The number of carbonyl (C=O) groups excluding carboxylic acids is 1. The van der Waals surface area contributed by atoms with Gasteiger partial charge in [-0.3, -0.25) is 4.79 Å². The molecule has 3 heteroatoms. The minimum Gasteiger partial charge on any atom is -0.469 e. The summed E-state index contributed by atoms with van der Waals surface area (Å²) in [7, 11) is 1.48. The quantitative estimate of drug-likeness (QED) is 0.708. The molecule has 1 saturated carbocycles. The first-order chi connectivity index (χ1) is 7.46. The zero-order valence-corrected chi connectivity index (χ0v) is 11.1. The number of ether oxygens (including phenoxy) is 1. The Labute approximate surface area is 98.9 Å². The zero-order chi connectivity index (χ0) is 12.2. The van der Waals surface area contributed by atoms with Gasteiger partial charge in [0.15, 0.2) is 0 Å². The van der Waals surface area contributed by atoms with E-state index in [0.29, 0.717) is 5.41 Å². The lowest BCUT2D eigenvalue weighted by Gasteiger charge is -2.39. The molecule has 0 unspecified atom stereocenters. The average molecular weight is 227 g/mol.